The molecular formula is C21H22N4O6. The molecular weight excluding hydrogens is 404 g/mol. The highest BCUT2D eigenvalue weighted by molar-refractivity contribution is 5.97. The van der Waals surface area contributed by atoms with E-state index in [1.54, 1.807) is 24.3 Å². The average molecular weight is 426 g/mol. The number of hydrogen-bond acceptors (Lipinski definition) is 7. The molecule has 1 aliphatic heterocycles. The van der Waals surface area contributed by atoms with Gasteiger partial charge in [-0.2, -0.15) is 5.01 Å². The quantitative estimate of drug-likeness (QED) is 0.570. The number of carbonyl (C=O) groups excluding carboxylic acids is 2. The maximum absolute atomic E-state index is 12.4. The number of ether oxygens (including phenoxy) is 1. The third-order valence-electron chi connectivity index (χ3n) is 5.38. The van der Waals surface area contributed by atoms with Crippen LogP contribution in [0, 0.1) is 16.0 Å². The summed E-state index contributed by atoms with van der Waals surface area (Å²) < 4.78 is 10.9. The van der Waals surface area contributed by atoms with E-state index in [4.69, 9.17) is 9.15 Å². The Bertz CT molecular complexity index is 1020. The van der Waals surface area contributed by atoms with Gasteiger partial charge in [0, 0.05) is 24.1 Å². The second-order valence-corrected chi connectivity index (χ2v) is 7.57. The van der Waals surface area contributed by atoms with E-state index >= 15 is 0 Å². The number of amides is 2. The summed E-state index contributed by atoms with van der Waals surface area (Å²) in [6.07, 6.45) is 4.15. The maximum Gasteiger partial charge on any atom is 0.433 e. The Morgan fingerprint density at radius 1 is 1.13 bits per heavy atom. The normalized spacial score (nSPS) is 18.9. The first kappa shape index (κ1) is 20.6. The zero-order valence-corrected chi connectivity index (χ0v) is 16.9. The van der Waals surface area contributed by atoms with Crippen molar-refractivity contribution in [2.75, 3.05) is 5.32 Å². The molecule has 31 heavy (non-hydrogen) atoms. The topological polar surface area (TPSA) is 127 Å². The molecule has 0 bridgehead atoms. The van der Waals surface area contributed by atoms with Crippen molar-refractivity contribution in [2.24, 2.45) is 11.0 Å². The minimum atomic E-state index is -1.04. The van der Waals surface area contributed by atoms with Gasteiger partial charge in [-0.25, -0.2) is 0 Å². The number of furan rings is 1. The summed E-state index contributed by atoms with van der Waals surface area (Å²) in [6.45, 7) is 1.31. The lowest BCUT2D eigenvalue weighted by atomic mass is 9.88. The third-order valence-corrected chi connectivity index (χ3v) is 5.38. The lowest BCUT2D eigenvalue weighted by Crippen LogP contribution is -2.24. The fourth-order valence-corrected chi connectivity index (χ4v) is 3.75. The van der Waals surface area contributed by atoms with Gasteiger partial charge in [-0.1, -0.05) is 19.3 Å². The molecule has 0 spiro atoms. The van der Waals surface area contributed by atoms with Crippen LogP contribution in [-0.4, -0.2) is 27.6 Å². The molecule has 0 unspecified atom stereocenters. The summed E-state index contributed by atoms with van der Waals surface area (Å²) in [5, 5.41) is 19.1. The van der Waals surface area contributed by atoms with E-state index < -0.39 is 22.9 Å². The van der Waals surface area contributed by atoms with Crippen molar-refractivity contribution >= 4 is 29.3 Å². The second-order valence-electron chi connectivity index (χ2n) is 7.57. The van der Waals surface area contributed by atoms with E-state index in [0.717, 1.165) is 30.7 Å². The smallest absolute Gasteiger partial charge is 0.433 e. The van der Waals surface area contributed by atoms with Crippen LogP contribution in [-0.2, 0) is 14.3 Å². The maximum atomic E-state index is 12.4. The van der Waals surface area contributed by atoms with Crippen molar-refractivity contribution in [3.63, 3.8) is 0 Å². The molecule has 0 saturated heterocycles. The molecule has 0 radical (unpaired) electrons. The number of benzene rings is 1. The van der Waals surface area contributed by atoms with E-state index in [0.29, 0.717) is 11.3 Å². The number of nitro groups is 1. The van der Waals surface area contributed by atoms with Gasteiger partial charge in [0.25, 0.3) is 6.23 Å². The predicted molar refractivity (Wildman–Crippen MR) is 110 cm³/mol. The number of anilines is 1. The lowest BCUT2D eigenvalue weighted by molar-refractivity contribution is -0.402. The average Bonchev–Trinajstić information content (AvgIpc) is 3.42. The van der Waals surface area contributed by atoms with Crippen LogP contribution in [0.15, 0.2) is 45.9 Å². The SMILES string of the molecule is CC(=O)N1N=C(c2ccc(NC(=O)C3CCCCC3)cc2)O[C@H]1c1ccc([N+](=O)[O-])o1. The Balaban J connectivity index is 1.47. The molecule has 2 heterocycles. The van der Waals surface area contributed by atoms with E-state index in [-0.39, 0.29) is 23.5 Å². The number of hydrazone groups is 1. The van der Waals surface area contributed by atoms with Crippen molar-refractivity contribution < 1.29 is 23.7 Å². The Hall–Kier alpha value is -3.69. The van der Waals surface area contributed by atoms with E-state index in [1.807, 2.05) is 0 Å². The highest BCUT2D eigenvalue weighted by Gasteiger charge is 2.36. The summed E-state index contributed by atoms with van der Waals surface area (Å²) in [6, 6.07) is 9.50. The molecule has 1 aliphatic carbocycles. The van der Waals surface area contributed by atoms with Crippen molar-refractivity contribution in [2.45, 2.75) is 45.3 Å². The first-order valence-corrected chi connectivity index (χ1v) is 10.1. The van der Waals surface area contributed by atoms with Gasteiger partial charge < -0.3 is 14.5 Å². The third kappa shape index (κ3) is 4.42. The first-order valence-electron chi connectivity index (χ1n) is 10.1. The molecule has 162 valence electrons. The minimum Gasteiger partial charge on any atom is -0.442 e. The van der Waals surface area contributed by atoms with E-state index in [1.165, 1.54) is 25.5 Å². The molecule has 1 atom stereocenters. The zero-order chi connectivity index (χ0) is 22.0. The Morgan fingerprint density at radius 2 is 1.84 bits per heavy atom. The summed E-state index contributed by atoms with van der Waals surface area (Å²) >= 11 is 0. The van der Waals surface area contributed by atoms with Crippen LogP contribution in [0.4, 0.5) is 11.6 Å². The molecule has 1 saturated carbocycles. The number of carbonyl (C=O) groups is 2. The van der Waals surface area contributed by atoms with Gasteiger partial charge in [0.15, 0.2) is 5.76 Å². The molecule has 2 amide bonds. The van der Waals surface area contributed by atoms with Crippen molar-refractivity contribution in [1.82, 2.24) is 5.01 Å². The largest absolute Gasteiger partial charge is 0.442 e. The van der Waals surface area contributed by atoms with Crippen LogP contribution in [0.1, 0.15) is 56.6 Å². The lowest BCUT2D eigenvalue weighted by Gasteiger charge is -2.20. The number of hydrogen-bond donors (Lipinski definition) is 1. The van der Waals surface area contributed by atoms with Crippen LogP contribution in [0.25, 0.3) is 0 Å². The van der Waals surface area contributed by atoms with E-state index in [9.17, 15) is 19.7 Å². The van der Waals surface area contributed by atoms with Crippen LogP contribution in [0.5, 0.6) is 0 Å². The molecule has 1 fully saturated rings. The van der Waals surface area contributed by atoms with Gasteiger partial charge >= 0.3 is 5.88 Å². The molecule has 4 rings (SSSR count). The number of rotatable bonds is 5. The van der Waals surface area contributed by atoms with Gasteiger partial charge in [0.2, 0.25) is 17.7 Å². The number of nitrogens with one attached hydrogen (secondary N) is 1. The predicted octanol–water partition coefficient (Wildman–Crippen LogP) is 3.95. The molecule has 10 heteroatoms. The van der Waals surface area contributed by atoms with Crippen molar-refractivity contribution in [1.29, 1.82) is 0 Å². The molecule has 1 N–H and O–H groups in total. The Labute approximate surface area is 178 Å². The summed E-state index contributed by atoms with van der Waals surface area (Å²) in [5.41, 5.74) is 1.25. The highest BCUT2D eigenvalue weighted by Crippen LogP contribution is 2.33. The van der Waals surface area contributed by atoms with Crippen molar-refractivity contribution in [3.05, 3.63) is 57.8 Å². The van der Waals surface area contributed by atoms with Gasteiger partial charge in [0.1, 0.15) is 4.92 Å². The second kappa shape index (κ2) is 8.58. The van der Waals surface area contributed by atoms with Crippen LogP contribution >= 0.6 is 0 Å². The van der Waals surface area contributed by atoms with Gasteiger partial charge in [-0.3, -0.25) is 19.7 Å². The van der Waals surface area contributed by atoms with Crippen LogP contribution in [0.3, 0.4) is 0 Å². The van der Waals surface area contributed by atoms with Crippen LogP contribution < -0.4 is 5.32 Å². The van der Waals surface area contributed by atoms with Crippen LogP contribution in [0.2, 0.25) is 0 Å². The van der Waals surface area contributed by atoms with Gasteiger partial charge in [-0.05, 0) is 43.2 Å². The molecule has 2 aliphatic rings. The molecule has 10 nitrogen and oxygen atoms in total. The standard InChI is InChI=1S/C21H22N4O6/c1-13(26)24-21(17-11-12-18(30-17)25(28)29)31-20(23-24)15-7-9-16(10-8-15)22-19(27)14-5-3-2-4-6-14/h7-12,14,21H,2-6H2,1H3,(H,22,27)/t21-/m0/s1. The summed E-state index contributed by atoms with van der Waals surface area (Å²) in [4.78, 5) is 34.6. The van der Waals surface area contributed by atoms with Crippen molar-refractivity contribution in [3.8, 4) is 0 Å². The fraction of sp³-hybridized carbons (Fsp3) is 0.381. The monoisotopic (exact) mass is 426 g/mol. The Kier molecular flexibility index (Phi) is 5.70. The van der Waals surface area contributed by atoms with E-state index in [2.05, 4.69) is 10.4 Å². The molecule has 1 aromatic carbocycles. The number of nitrogens with zero attached hydrogens (tertiary/aromatic N) is 3. The zero-order valence-electron chi connectivity index (χ0n) is 16.9. The van der Waals surface area contributed by atoms with Gasteiger partial charge in [0.05, 0.1) is 6.07 Å². The summed E-state index contributed by atoms with van der Waals surface area (Å²) in [5.74, 6) is -0.507. The summed E-state index contributed by atoms with van der Waals surface area (Å²) in [7, 11) is 0. The van der Waals surface area contributed by atoms with Gasteiger partial charge in [-0.15, -0.1) is 5.10 Å². The molecule has 2 aromatic rings. The highest BCUT2D eigenvalue weighted by atomic mass is 16.7. The Morgan fingerprint density at radius 3 is 2.45 bits per heavy atom. The fourth-order valence-electron chi connectivity index (χ4n) is 3.75. The molecule has 1 aromatic heterocycles. The minimum absolute atomic E-state index is 0.0316. The first-order chi connectivity index (χ1) is 14.9.